The molecule has 0 fully saturated rings. The third-order valence-corrected chi connectivity index (χ3v) is 7.24. The minimum absolute atomic E-state index is 0.106. The Hall–Kier alpha value is -3.52. The second-order valence-corrected chi connectivity index (χ2v) is 11.2. The highest BCUT2D eigenvalue weighted by atomic mass is 35.5. The lowest BCUT2D eigenvalue weighted by Crippen LogP contribution is -2.21. The van der Waals surface area contributed by atoms with Gasteiger partial charge in [-0.15, -0.1) is 0 Å². The number of fused-ring (bicyclic) bond motifs is 1. The lowest BCUT2D eigenvalue weighted by Gasteiger charge is -2.28. The molecule has 1 N–H and O–H groups in total. The number of carbonyl (C=O) groups is 1. The minimum Gasteiger partial charge on any atom is -0.478 e. The van der Waals surface area contributed by atoms with Crippen molar-refractivity contribution in [3.05, 3.63) is 112 Å². The van der Waals surface area contributed by atoms with Gasteiger partial charge in [0, 0.05) is 16.3 Å². The zero-order valence-corrected chi connectivity index (χ0v) is 22.6. The first-order valence-electron chi connectivity index (χ1n) is 12.2. The van der Waals surface area contributed by atoms with Crippen LogP contribution in [0.15, 0.2) is 78.9 Å². The average molecular weight is 550 g/mol. The van der Waals surface area contributed by atoms with Crippen LogP contribution in [0.4, 0.5) is 0 Å². The largest absolute Gasteiger partial charge is 0.478 e. The summed E-state index contributed by atoms with van der Waals surface area (Å²) in [4.78, 5) is 16.6. The standard InChI is InChI=1S/C30H28ClNO5S/c1-3-25(26-9-4-5-10-27(26)30(33)34)28(19-37-38(2,35)36)22-8-6-7-20(17-22)11-15-24-16-13-21-12-14-23(31)18-29(21)32-24/h4-18,25,28H,3,19H2,1-2H3,(H,33,34). The van der Waals surface area contributed by atoms with E-state index >= 15 is 0 Å². The van der Waals surface area contributed by atoms with E-state index in [0.717, 1.165) is 34.0 Å². The Morgan fingerprint density at radius 1 is 1.00 bits per heavy atom. The molecule has 0 aliphatic carbocycles. The van der Waals surface area contributed by atoms with Gasteiger partial charge in [0.25, 0.3) is 10.1 Å². The fraction of sp³-hybridized carbons (Fsp3) is 0.200. The minimum atomic E-state index is -3.70. The van der Waals surface area contributed by atoms with E-state index in [2.05, 4.69) is 4.98 Å². The van der Waals surface area contributed by atoms with E-state index in [0.29, 0.717) is 17.0 Å². The smallest absolute Gasteiger partial charge is 0.335 e. The molecular weight excluding hydrogens is 522 g/mol. The van der Waals surface area contributed by atoms with Gasteiger partial charge < -0.3 is 5.11 Å². The monoisotopic (exact) mass is 549 g/mol. The summed E-state index contributed by atoms with van der Waals surface area (Å²) in [5, 5.41) is 11.4. The van der Waals surface area contributed by atoms with Gasteiger partial charge in [-0.2, -0.15) is 8.42 Å². The van der Waals surface area contributed by atoms with Crippen molar-refractivity contribution in [1.29, 1.82) is 0 Å². The number of hydrogen-bond acceptors (Lipinski definition) is 5. The van der Waals surface area contributed by atoms with E-state index in [1.54, 1.807) is 24.3 Å². The van der Waals surface area contributed by atoms with Gasteiger partial charge in [-0.05, 0) is 59.4 Å². The molecule has 196 valence electrons. The molecule has 0 spiro atoms. The van der Waals surface area contributed by atoms with Gasteiger partial charge in [-0.1, -0.05) is 79.2 Å². The highest BCUT2D eigenvalue weighted by Gasteiger charge is 2.28. The second kappa shape index (κ2) is 11.9. The van der Waals surface area contributed by atoms with Crippen molar-refractivity contribution >= 4 is 50.7 Å². The fourth-order valence-corrected chi connectivity index (χ4v) is 5.21. The van der Waals surface area contributed by atoms with Gasteiger partial charge in [0.05, 0.1) is 29.6 Å². The SMILES string of the molecule is CCC(c1ccccc1C(=O)O)C(COS(C)(=O)=O)c1cccc(C=Cc2ccc3ccc(Cl)cc3n2)c1. The summed E-state index contributed by atoms with van der Waals surface area (Å²) >= 11 is 6.12. The number of aromatic carboxylic acids is 1. The molecule has 0 amide bonds. The number of rotatable bonds is 10. The van der Waals surface area contributed by atoms with Crippen molar-refractivity contribution in [2.45, 2.75) is 25.2 Å². The molecule has 4 aromatic rings. The molecule has 0 aliphatic rings. The number of carboxylic acids is 1. The molecular formula is C30H28ClNO5S. The van der Waals surface area contributed by atoms with Crippen LogP contribution in [0, 0.1) is 0 Å². The number of hydrogen-bond donors (Lipinski definition) is 1. The first kappa shape index (κ1) is 27.5. The summed E-state index contributed by atoms with van der Waals surface area (Å²) in [5.74, 6) is -1.71. The van der Waals surface area contributed by atoms with Crippen molar-refractivity contribution in [2.75, 3.05) is 12.9 Å². The zero-order chi connectivity index (χ0) is 27.3. The van der Waals surface area contributed by atoms with Crippen LogP contribution in [0.5, 0.6) is 0 Å². The van der Waals surface area contributed by atoms with E-state index in [1.807, 2.05) is 73.7 Å². The van der Waals surface area contributed by atoms with Crippen LogP contribution in [0.1, 0.15) is 57.9 Å². The van der Waals surface area contributed by atoms with Crippen molar-refractivity contribution in [3.63, 3.8) is 0 Å². The summed E-state index contributed by atoms with van der Waals surface area (Å²) < 4.78 is 29.0. The van der Waals surface area contributed by atoms with Crippen molar-refractivity contribution in [2.24, 2.45) is 0 Å². The predicted octanol–water partition coefficient (Wildman–Crippen LogP) is 7.01. The molecule has 1 heterocycles. The molecule has 0 aliphatic heterocycles. The van der Waals surface area contributed by atoms with Crippen molar-refractivity contribution < 1.29 is 22.5 Å². The molecule has 4 rings (SSSR count). The lowest BCUT2D eigenvalue weighted by atomic mass is 9.78. The zero-order valence-electron chi connectivity index (χ0n) is 21.0. The molecule has 0 saturated carbocycles. The molecule has 8 heteroatoms. The summed E-state index contributed by atoms with van der Waals surface area (Å²) in [6.45, 7) is 1.85. The Kier molecular flexibility index (Phi) is 8.62. The molecule has 3 aromatic carbocycles. The molecule has 6 nitrogen and oxygen atoms in total. The third-order valence-electron chi connectivity index (χ3n) is 6.44. The summed E-state index contributed by atoms with van der Waals surface area (Å²) in [7, 11) is -3.70. The maximum atomic E-state index is 11.9. The maximum Gasteiger partial charge on any atom is 0.335 e. The number of halogens is 1. The van der Waals surface area contributed by atoms with Crippen molar-refractivity contribution in [3.8, 4) is 0 Å². The van der Waals surface area contributed by atoms with E-state index in [9.17, 15) is 18.3 Å². The van der Waals surface area contributed by atoms with Gasteiger partial charge in [0.2, 0.25) is 0 Å². The summed E-state index contributed by atoms with van der Waals surface area (Å²) in [6, 6.07) is 24.0. The summed E-state index contributed by atoms with van der Waals surface area (Å²) in [6.07, 6.45) is 5.44. The number of carboxylic acid groups (broad SMARTS) is 1. The van der Waals surface area contributed by atoms with Crippen LogP contribution in [-0.2, 0) is 14.3 Å². The van der Waals surface area contributed by atoms with Crippen LogP contribution in [0.2, 0.25) is 5.02 Å². The van der Waals surface area contributed by atoms with Gasteiger partial charge in [0.1, 0.15) is 0 Å². The normalized spacial score (nSPS) is 13.6. The van der Waals surface area contributed by atoms with Crippen LogP contribution in [0.25, 0.3) is 23.1 Å². The Morgan fingerprint density at radius 2 is 1.76 bits per heavy atom. The number of benzene rings is 3. The molecule has 2 unspecified atom stereocenters. The fourth-order valence-electron chi connectivity index (χ4n) is 4.65. The Labute approximate surface area is 227 Å². The molecule has 2 atom stereocenters. The van der Waals surface area contributed by atoms with Gasteiger partial charge in [-0.3, -0.25) is 4.18 Å². The maximum absolute atomic E-state index is 11.9. The molecule has 0 bridgehead atoms. The molecule has 0 saturated heterocycles. The third kappa shape index (κ3) is 6.86. The molecule has 1 aromatic heterocycles. The second-order valence-electron chi connectivity index (χ2n) is 9.08. The Morgan fingerprint density at radius 3 is 2.50 bits per heavy atom. The highest BCUT2D eigenvalue weighted by Crippen LogP contribution is 2.38. The number of aromatic nitrogens is 1. The van der Waals surface area contributed by atoms with Crippen LogP contribution >= 0.6 is 11.6 Å². The number of pyridine rings is 1. The van der Waals surface area contributed by atoms with E-state index in [1.165, 1.54) is 0 Å². The van der Waals surface area contributed by atoms with Gasteiger partial charge >= 0.3 is 5.97 Å². The first-order chi connectivity index (χ1) is 18.1. The quantitative estimate of drug-likeness (QED) is 0.214. The Bertz CT molecular complexity index is 1600. The number of nitrogens with zero attached hydrogens (tertiary/aromatic N) is 1. The Balaban J connectivity index is 1.70. The van der Waals surface area contributed by atoms with Crippen molar-refractivity contribution in [1.82, 2.24) is 4.98 Å². The average Bonchev–Trinajstić information content (AvgIpc) is 2.89. The molecule has 0 radical (unpaired) electrons. The van der Waals surface area contributed by atoms with E-state index in [4.69, 9.17) is 15.8 Å². The van der Waals surface area contributed by atoms with Gasteiger partial charge in [0.15, 0.2) is 0 Å². The topological polar surface area (TPSA) is 93.6 Å². The van der Waals surface area contributed by atoms with Crippen LogP contribution in [-0.4, -0.2) is 37.3 Å². The van der Waals surface area contributed by atoms with E-state index in [-0.39, 0.29) is 18.1 Å². The summed E-state index contributed by atoms with van der Waals surface area (Å²) in [5.41, 5.74) is 4.15. The van der Waals surface area contributed by atoms with Crippen LogP contribution in [0.3, 0.4) is 0 Å². The predicted molar refractivity (Wildman–Crippen MR) is 152 cm³/mol. The molecule has 38 heavy (non-hydrogen) atoms. The lowest BCUT2D eigenvalue weighted by molar-refractivity contribution is 0.0694. The first-order valence-corrected chi connectivity index (χ1v) is 14.3. The highest BCUT2D eigenvalue weighted by molar-refractivity contribution is 7.85. The van der Waals surface area contributed by atoms with Gasteiger partial charge in [-0.25, -0.2) is 9.78 Å². The van der Waals surface area contributed by atoms with E-state index < -0.39 is 22.0 Å². The van der Waals surface area contributed by atoms with Crippen LogP contribution < -0.4 is 0 Å².